The number of allylic oxidation sites excluding steroid dienone is 1. The van der Waals surface area contributed by atoms with Crippen LogP contribution in [0.4, 0.5) is 0 Å². The Morgan fingerprint density at radius 2 is 2.33 bits per heavy atom. The van der Waals surface area contributed by atoms with Crippen LogP contribution in [0.15, 0.2) is 24.8 Å². The van der Waals surface area contributed by atoms with E-state index in [1.165, 1.54) is 12.8 Å². The van der Waals surface area contributed by atoms with Crippen molar-refractivity contribution in [2.24, 2.45) is 5.92 Å². The summed E-state index contributed by atoms with van der Waals surface area (Å²) >= 11 is 0. The van der Waals surface area contributed by atoms with Gasteiger partial charge in [-0.2, -0.15) is 0 Å². The molecule has 0 N–H and O–H groups in total. The summed E-state index contributed by atoms with van der Waals surface area (Å²) in [6.07, 6.45) is 8.63. The van der Waals surface area contributed by atoms with Gasteiger partial charge in [0.2, 0.25) is 0 Å². The third-order valence-electron chi connectivity index (χ3n) is 2.64. The van der Waals surface area contributed by atoms with Gasteiger partial charge < -0.3 is 4.74 Å². The van der Waals surface area contributed by atoms with Crippen LogP contribution in [0.3, 0.4) is 0 Å². The first-order chi connectivity index (χ1) is 5.73. The molecule has 12 heavy (non-hydrogen) atoms. The maximum absolute atomic E-state index is 5.71. The van der Waals surface area contributed by atoms with Crippen molar-refractivity contribution in [3.05, 3.63) is 24.8 Å². The van der Waals surface area contributed by atoms with Crippen LogP contribution < -0.4 is 0 Å². The topological polar surface area (TPSA) is 9.23 Å². The number of rotatable bonds is 2. The second-order valence-corrected chi connectivity index (χ2v) is 3.51. The van der Waals surface area contributed by atoms with Gasteiger partial charge in [-0.25, -0.2) is 0 Å². The third-order valence-corrected chi connectivity index (χ3v) is 2.64. The molecule has 0 radical (unpaired) electrons. The van der Waals surface area contributed by atoms with Crippen molar-refractivity contribution in [3.8, 4) is 0 Å². The summed E-state index contributed by atoms with van der Waals surface area (Å²) in [5.41, 5.74) is -0.134. The molecule has 1 rings (SSSR count). The maximum atomic E-state index is 5.71. The predicted octanol–water partition coefficient (Wildman–Crippen LogP) is 2.93. The molecule has 0 aliphatic carbocycles. The number of hydrogen-bond acceptors (Lipinski definition) is 1. The van der Waals surface area contributed by atoms with Crippen LogP contribution in [0.2, 0.25) is 0 Å². The molecule has 1 heteroatoms. The largest absolute Gasteiger partial charge is 0.371 e. The van der Waals surface area contributed by atoms with E-state index >= 15 is 0 Å². The Kier molecular flexibility index (Phi) is 3.10. The highest BCUT2D eigenvalue weighted by Gasteiger charge is 2.32. The van der Waals surface area contributed by atoms with E-state index < -0.39 is 0 Å². The molecule has 1 fully saturated rings. The summed E-state index contributed by atoms with van der Waals surface area (Å²) in [6.45, 7) is 8.87. The summed E-state index contributed by atoms with van der Waals surface area (Å²) in [6, 6.07) is 0. The van der Waals surface area contributed by atoms with Gasteiger partial charge in [-0.05, 0) is 26.7 Å². The van der Waals surface area contributed by atoms with E-state index in [9.17, 15) is 0 Å². The van der Waals surface area contributed by atoms with Gasteiger partial charge >= 0.3 is 0 Å². The normalized spacial score (nSPS) is 37.0. The van der Waals surface area contributed by atoms with Gasteiger partial charge in [0.1, 0.15) is 0 Å². The van der Waals surface area contributed by atoms with Gasteiger partial charge in [-0.15, -0.1) is 6.58 Å². The first-order valence-electron chi connectivity index (χ1n) is 4.63. The SMILES string of the molecule is C=CC1(C)OCCCC1/C=C\C. The average Bonchev–Trinajstić information content (AvgIpc) is 2.10. The highest BCUT2D eigenvalue weighted by molar-refractivity contribution is 5.07. The quantitative estimate of drug-likeness (QED) is 0.573. The molecule has 1 heterocycles. The first-order valence-corrected chi connectivity index (χ1v) is 4.63. The molecule has 0 aromatic carbocycles. The second kappa shape index (κ2) is 3.90. The van der Waals surface area contributed by atoms with Crippen molar-refractivity contribution in [2.75, 3.05) is 6.61 Å². The third kappa shape index (κ3) is 1.78. The summed E-state index contributed by atoms with van der Waals surface area (Å²) in [7, 11) is 0. The number of hydrogen-bond donors (Lipinski definition) is 0. The van der Waals surface area contributed by atoms with Gasteiger partial charge in [-0.1, -0.05) is 18.2 Å². The highest BCUT2D eigenvalue weighted by atomic mass is 16.5. The Hall–Kier alpha value is -0.560. The Labute approximate surface area is 75.1 Å². The van der Waals surface area contributed by atoms with Crippen molar-refractivity contribution < 1.29 is 4.74 Å². The standard InChI is InChI=1S/C11H18O/c1-4-7-10-8-6-9-12-11(10,3)5-2/h4-5,7,10H,2,6,8-9H2,1,3H3/b7-4-. The molecule has 68 valence electrons. The molecular weight excluding hydrogens is 148 g/mol. The molecule has 0 spiro atoms. The van der Waals surface area contributed by atoms with Crippen LogP contribution in [0, 0.1) is 5.92 Å². The summed E-state index contributed by atoms with van der Waals surface area (Å²) < 4.78 is 5.71. The fourth-order valence-electron chi connectivity index (χ4n) is 1.72. The molecule has 2 unspecified atom stereocenters. The van der Waals surface area contributed by atoms with Crippen molar-refractivity contribution in [2.45, 2.75) is 32.3 Å². The predicted molar refractivity (Wildman–Crippen MR) is 52.1 cm³/mol. The summed E-state index contributed by atoms with van der Waals surface area (Å²) in [5.74, 6) is 0.508. The highest BCUT2D eigenvalue weighted by Crippen LogP contribution is 2.32. The van der Waals surface area contributed by atoms with E-state index in [1.807, 2.05) is 6.08 Å². The zero-order chi connectivity index (χ0) is 9.03. The monoisotopic (exact) mass is 166 g/mol. The molecule has 0 aromatic rings. The lowest BCUT2D eigenvalue weighted by atomic mass is 9.83. The zero-order valence-electron chi connectivity index (χ0n) is 8.05. The molecule has 1 aliphatic heterocycles. The molecule has 1 saturated heterocycles. The Balaban J connectivity index is 2.72. The van der Waals surface area contributed by atoms with Gasteiger partial charge in [-0.3, -0.25) is 0 Å². The minimum atomic E-state index is -0.134. The van der Waals surface area contributed by atoms with E-state index in [2.05, 4.69) is 32.6 Å². The molecule has 0 bridgehead atoms. The van der Waals surface area contributed by atoms with Crippen molar-refractivity contribution >= 4 is 0 Å². The van der Waals surface area contributed by atoms with Gasteiger partial charge in [0.15, 0.2) is 0 Å². The van der Waals surface area contributed by atoms with Crippen molar-refractivity contribution in [3.63, 3.8) is 0 Å². The van der Waals surface area contributed by atoms with Crippen molar-refractivity contribution in [1.82, 2.24) is 0 Å². The maximum Gasteiger partial charge on any atom is 0.0894 e. The molecule has 0 amide bonds. The minimum Gasteiger partial charge on any atom is -0.371 e. The van der Waals surface area contributed by atoms with Crippen molar-refractivity contribution in [1.29, 1.82) is 0 Å². The fraction of sp³-hybridized carbons (Fsp3) is 0.636. The second-order valence-electron chi connectivity index (χ2n) is 3.51. The van der Waals surface area contributed by atoms with Crippen LogP contribution in [0.1, 0.15) is 26.7 Å². The van der Waals surface area contributed by atoms with Crippen LogP contribution in [-0.4, -0.2) is 12.2 Å². The molecular formula is C11H18O. The van der Waals surface area contributed by atoms with E-state index in [-0.39, 0.29) is 5.60 Å². The smallest absolute Gasteiger partial charge is 0.0894 e. The summed E-state index contributed by atoms with van der Waals surface area (Å²) in [5, 5.41) is 0. The van der Waals surface area contributed by atoms with E-state index in [4.69, 9.17) is 4.74 Å². The lowest BCUT2D eigenvalue weighted by Crippen LogP contribution is -2.38. The van der Waals surface area contributed by atoms with E-state index in [0.29, 0.717) is 5.92 Å². The van der Waals surface area contributed by atoms with E-state index in [1.54, 1.807) is 0 Å². The van der Waals surface area contributed by atoms with Crippen LogP contribution in [-0.2, 0) is 4.74 Å². The lowest BCUT2D eigenvalue weighted by Gasteiger charge is -2.37. The molecule has 0 aromatic heterocycles. The van der Waals surface area contributed by atoms with E-state index in [0.717, 1.165) is 6.61 Å². The first kappa shape index (κ1) is 9.53. The fourth-order valence-corrected chi connectivity index (χ4v) is 1.72. The van der Waals surface area contributed by atoms with Crippen LogP contribution in [0.5, 0.6) is 0 Å². The Morgan fingerprint density at radius 3 is 2.92 bits per heavy atom. The number of ether oxygens (including phenoxy) is 1. The zero-order valence-corrected chi connectivity index (χ0v) is 8.05. The molecule has 1 nitrogen and oxygen atoms in total. The Morgan fingerprint density at radius 1 is 1.58 bits per heavy atom. The summed E-state index contributed by atoms with van der Waals surface area (Å²) in [4.78, 5) is 0. The minimum absolute atomic E-state index is 0.134. The molecule has 2 atom stereocenters. The van der Waals surface area contributed by atoms with Gasteiger partial charge in [0.05, 0.1) is 5.60 Å². The van der Waals surface area contributed by atoms with Crippen LogP contribution in [0.25, 0.3) is 0 Å². The Bertz CT molecular complexity index is 183. The van der Waals surface area contributed by atoms with Gasteiger partial charge in [0.25, 0.3) is 0 Å². The molecule has 1 aliphatic rings. The average molecular weight is 166 g/mol. The molecule has 0 saturated carbocycles. The van der Waals surface area contributed by atoms with Gasteiger partial charge in [0, 0.05) is 12.5 Å². The lowest BCUT2D eigenvalue weighted by molar-refractivity contribution is -0.0569. The van der Waals surface area contributed by atoms with Crippen LogP contribution >= 0.6 is 0 Å².